The van der Waals surface area contributed by atoms with Crippen LogP contribution >= 0.6 is 0 Å². The monoisotopic (exact) mass is 375 g/mol. The summed E-state index contributed by atoms with van der Waals surface area (Å²) in [4.78, 5) is 14.4. The van der Waals surface area contributed by atoms with E-state index in [0.717, 1.165) is 5.41 Å². The molecule has 136 valence electrons. The van der Waals surface area contributed by atoms with Crippen molar-refractivity contribution in [3.63, 3.8) is 0 Å². The molecule has 2 aromatic carbocycles. The molecule has 0 unspecified atom stereocenters. The molecule has 0 fully saturated rings. The largest absolute Gasteiger partial charge is 0.494 e. The Kier molecular flexibility index (Phi) is 5.08. The second-order valence-electron chi connectivity index (χ2n) is 5.83. The summed E-state index contributed by atoms with van der Waals surface area (Å²) in [5, 5.41) is 1.11. The average Bonchev–Trinajstić information content (AvgIpc) is 2.97. The highest BCUT2D eigenvalue weighted by molar-refractivity contribution is 7.94. The number of amides is 1. The molecule has 1 heterocycles. The minimum absolute atomic E-state index is 0.201. The Hall–Kier alpha value is -2.67. The Balaban J connectivity index is 1.95. The summed E-state index contributed by atoms with van der Waals surface area (Å²) in [5.74, 6) is -0.364. The number of carbonyl (C=O) groups is 1. The first-order valence-electron chi connectivity index (χ1n) is 8.12. The Labute approximate surface area is 151 Å². The molecule has 0 N–H and O–H groups in total. The topological polar surface area (TPSA) is 63.7 Å². The van der Waals surface area contributed by atoms with Gasteiger partial charge in [0.2, 0.25) is 0 Å². The SMILES string of the molecule is CCOc1ccc(C(=O)N(c2ccc(F)cc2)[C@H]2C=CS(=O)(=O)C2)cc1. The van der Waals surface area contributed by atoms with Crippen molar-refractivity contribution in [2.24, 2.45) is 0 Å². The molecule has 0 aliphatic carbocycles. The molecule has 1 aliphatic heterocycles. The Bertz CT molecular complexity index is 921. The van der Waals surface area contributed by atoms with Gasteiger partial charge in [0, 0.05) is 16.7 Å². The van der Waals surface area contributed by atoms with Crippen LogP contribution in [0.4, 0.5) is 10.1 Å². The highest BCUT2D eigenvalue weighted by Gasteiger charge is 2.32. The molecule has 0 aromatic heterocycles. The fraction of sp³-hybridized carbons (Fsp3) is 0.211. The number of sulfone groups is 1. The van der Waals surface area contributed by atoms with Crippen LogP contribution in [0, 0.1) is 5.82 Å². The van der Waals surface area contributed by atoms with Crippen LogP contribution in [0.1, 0.15) is 17.3 Å². The number of hydrogen-bond acceptors (Lipinski definition) is 4. The molecule has 1 aliphatic rings. The maximum Gasteiger partial charge on any atom is 0.258 e. The van der Waals surface area contributed by atoms with E-state index in [2.05, 4.69) is 0 Å². The molecule has 26 heavy (non-hydrogen) atoms. The molecule has 7 heteroatoms. The predicted molar refractivity (Wildman–Crippen MR) is 97.5 cm³/mol. The lowest BCUT2D eigenvalue weighted by atomic mass is 10.1. The average molecular weight is 375 g/mol. The molecular weight excluding hydrogens is 357 g/mol. The highest BCUT2D eigenvalue weighted by Crippen LogP contribution is 2.26. The summed E-state index contributed by atoms with van der Waals surface area (Å²) < 4.78 is 42.2. The molecule has 0 saturated carbocycles. The smallest absolute Gasteiger partial charge is 0.258 e. The van der Waals surface area contributed by atoms with E-state index in [0.29, 0.717) is 23.6 Å². The lowest BCUT2D eigenvalue weighted by Crippen LogP contribution is -2.41. The van der Waals surface area contributed by atoms with Gasteiger partial charge in [-0.15, -0.1) is 0 Å². The number of anilines is 1. The number of hydrogen-bond donors (Lipinski definition) is 0. The third kappa shape index (κ3) is 3.94. The molecule has 1 atom stereocenters. The van der Waals surface area contributed by atoms with Crippen LogP contribution in [0.5, 0.6) is 5.75 Å². The van der Waals surface area contributed by atoms with E-state index < -0.39 is 21.7 Å². The molecule has 2 aromatic rings. The van der Waals surface area contributed by atoms with Crippen molar-refractivity contribution in [3.8, 4) is 5.75 Å². The lowest BCUT2D eigenvalue weighted by Gasteiger charge is -2.28. The molecule has 3 rings (SSSR count). The van der Waals surface area contributed by atoms with Crippen molar-refractivity contribution in [2.75, 3.05) is 17.3 Å². The first-order chi connectivity index (χ1) is 12.4. The first-order valence-corrected chi connectivity index (χ1v) is 9.84. The van der Waals surface area contributed by atoms with E-state index in [1.165, 1.54) is 35.2 Å². The lowest BCUT2D eigenvalue weighted by molar-refractivity contribution is 0.0983. The third-order valence-corrected chi connectivity index (χ3v) is 5.36. The zero-order chi connectivity index (χ0) is 18.7. The molecule has 0 spiro atoms. The van der Waals surface area contributed by atoms with Gasteiger partial charge in [-0.1, -0.05) is 0 Å². The highest BCUT2D eigenvalue weighted by atomic mass is 32.2. The number of halogens is 1. The fourth-order valence-corrected chi connectivity index (χ4v) is 4.05. The van der Waals surface area contributed by atoms with Gasteiger partial charge >= 0.3 is 0 Å². The van der Waals surface area contributed by atoms with Gasteiger partial charge in [-0.3, -0.25) is 4.79 Å². The zero-order valence-corrected chi connectivity index (χ0v) is 14.9. The molecule has 0 saturated heterocycles. The molecule has 0 bridgehead atoms. The summed E-state index contributed by atoms with van der Waals surface area (Å²) in [6.45, 7) is 2.38. The Morgan fingerprint density at radius 3 is 2.35 bits per heavy atom. The third-order valence-electron chi connectivity index (χ3n) is 3.98. The van der Waals surface area contributed by atoms with Gasteiger partial charge in [-0.05, 0) is 61.5 Å². The fourth-order valence-electron chi connectivity index (χ4n) is 2.78. The number of nitrogens with zero attached hydrogens (tertiary/aromatic N) is 1. The van der Waals surface area contributed by atoms with Crippen molar-refractivity contribution < 1.29 is 22.3 Å². The van der Waals surface area contributed by atoms with Gasteiger partial charge in [0.25, 0.3) is 5.91 Å². The number of rotatable bonds is 5. The maximum atomic E-state index is 13.3. The van der Waals surface area contributed by atoms with Crippen LogP contribution in [0.3, 0.4) is 0 Å². The normalized spacial score (nSPS) is 17.8. The standard InChI is InChI=1S/C19H18FNO4S/c1-2-25-18-9-3-14(4-10-18)19(22)21(16-7-5-15(20)6-8-16)17-11-12-26(23,24)13-17/h3-12,17H,2,13H2,1H3/t17-/m0/s1. The van der Waals surface area contributed by atoms with Gasteiger partial charge < -0.3 is 9.64 Å². The van der Waals surface area contributed by atoms with Crippen molar-refractivity contribution in [2.45, 2.75) is 13.0 Å². The minimum Gasteiger partial charge on any atom is -0.494 e. The van der Waals surface area contributed by atoms with Crippen molar-refractivity contribution in [1.29, 1.82) is 0 Å². The second-order valence-corrected chi connectivity index (χ2v) is 7.77. The summed E-state index contributed by atoms with van der Waals surface area (Å²) in [6.07, 6.45) is 1.48. The van der Waals surface area contributed by atoms with Gasteiger partial charge in [0.15, 0.2) is 9.84 Å². The minimum atomic E-state index is -3.35. The van der Waals surface area contributed by atoms with E-state index in [1.54, 1.807) is 24.3 Å². The van der Waals surface area contributed by atoms with E-state index in [1.807, 2.05) is 6.92 Å². The summed E-state index contributed by atoms with van der Waals surface area (Å²) in [5.41, 5.74) is 0.813. The van der Waals surface area contributed by atoms with Gasteiger partial charge in [-0.25, -0.2) is 12.8 Å². The molecule has 1 amide bonds. The van der Waals surface area contributed by atoms with Crippen LogP contribution in [-0.4, -0.2) is 32.7 Å². The number of benzene rings is 2. The van der Waals surface area contributed by atoms with Crippen LogP contribution in [0.2, 0.25) is 0 Å². The van der Waals surface area contributed by atoms with E-state index >= 15 is 0 Å². The maximum absolute atomic E-state index is 13.3. The van der Waals surface area contributed by atoms with Crippen LogP contribution < -0.4 is 9.64 Å². The molecule has 0 radical (unpaired) electrons. The van der Waals surface area contributed by atoms with Gasteiger partial charge in [0.1, 0.15) is 11.6 Å². The zero-order valence-electron chi connectivity index (χ0n) is 14.1. The van der Waals surface area contributed by atoms with Crippen LogP contribution in [0.15, 0.2) is 60.0 Å². The first kappa shape index (κ1) is 18.1. The second kappa shape index (κ2) is 7.29. The van der Waals surface area contributed by atoms with Crippen LogP contribution in [0.25, 0.3) is 0 Å². The Morgan fingerprint density at radius 1 is 1.15 bits per heavy atom. The summed E-state index contributed by atoms with van der Waals surface area (Å²) in [7, 11) is -3.35. The summed E-state index contributed by atoms with van der Waals surface area (Å²) >= 11 is 0. The quantitative estimate of drug-likeness (QED) is 0.805. The van der Waals surface area contributed by atoms with Gasteiger partial charge in [-0.2, -0.15) is 0 Å². The number of carbonyl (C=O) groups excluding carboxylic acids is 1. The van der Waals surface area contributed by atoms with Crippen molar-refractivity contribution in [3.05, 3.63) is 71.4 Å². The predicted octanol–water partition coefficient (Wildman–Crippen LogP) is 3.18. The number of ether oxygens (including phenoxy) is 1. The summed E-state index contributed by atoms with van der Waals surface area (Å²) in [6, 6.07) is 11.4. The van der Waals surface area contributed by atoms with E-state index in [-0.39, 0.29) is 11.7 Å². The van der Waals surface area contributed by atoms with Crippen LogP contribution in [-0.2, 0) is 9.84 Å². The van der Waals surface area contributed by atoms with E-state index in [9.17, 15) is 17.6 Å². The van der Waals surface area contributed by atoms with Gasteiger partial charge in [0.05, 0.1) is 18.4 Å². The van der Waals surface area contributed by atoms with Crippen molar-refractivity contribution >= 4 is 21.4 Å². The van der Waals surface area contributed by atoms with E-state index in [4.69, 9.17) is 4.74 Å². The van der Waals surface area contributed by atoms with Crippen molar-refractivity contribution in [1.82, 2.24) is 0 Å². The Morgan fingerprint density at radius 2 is 1.81 bits per heavy atom. The molecule has 5 nitrogen and oxygen atoms in total. The molecular formula is C19H18FNO4S.